The van der Waals surface area contributed by atoms with E-state index in [1.807, 2.05) is 0 Å². The number of aromatic nitrogens is 4. The first kappa shape index (κ1) is 8.82. The van der Waals surface area contributed by atoms with E-state index in [-0.39, 0.29) is 5.69 Å². The molecule has 0 bridgehead atoms. The van der Waals surface area contributed by atoms with Gasteiger partial charge in [0.15, 0.2) is 5.69 Å². The van der Waals surface area contributed by atoms with Crippen molar-refractivity contribution in [1.29, 1.82) is 0 Å². The molecule has 0 aliphatic heterocycles. The van der Waals surface area contributed by atoms with E-state index in [4.69, 9.17) is 5.11 Å². The molecule has 1 N–H and O–H groups in total. The fraction of sp³-hybridized carbons (Fsp3) is 0.143. The summed E-state index contributed by atoms with van der Waals surface area (Å²) in [4.78, 5) is 16.4. The number of nitrogens with zero attached hydrogens (tertiary/aromatic N) is 4. The highest BCUT2D eigenvalue weighted by molar-refractivity contribution is 7.13. The van der Waals surface area contributed by atoms with Crippen LogP contribution in [0.3, 0.4) is 0 Å². The zero-order chi connectivity index (χ0) is 10.1. The second kappa shape index (κ2) is 3.18. The highest BCUT2D eigenvalue weighted by Gasteiger charge is 2.17. The van der Waals surface area contributed by atoms with E-state index in [0.29, 0.717) is 10.6 Å². The molecular weight excluding hydrogens is 204 g/mol. The topological polar surface area (TPSA) is 80.9 Å². The van der Waals surface area contributed by atoms with E-state index in [1.165, 1.54) is 27.8 Å². The smallest absolute Gasteiger partial charge is 0.356 e. The van der Waals surface area contributed by atoms with Crippen LogP contribution in [0.15, 0.2) is 11.7 Å². The zero-order valence-electron chi connectivity index (χ0n) is 7.21. The fourth-order valence-electron chi connectivity index (χ4n) is 1.03. The largest absolute Gasteiger partial charge is 0.476 e. The minimum absolute atomic E-state index is 0.0236. The summed E-state index contributed by atoms with van der Waals surface area (Å²) in [5, 5.41) is 16.7. The average Bonchev–Trinajstić information content (AvgIpc) is 2.70. The Morgan fingerprint density at radius 3 is 3.00 bits per heavy atom. The number of carboxylic acid groups (broad SMARTS) is 1. The maximum Gasteiger partial charge on any atom is 0.356 e. The van der Waals surface area contributed by atoms with Gasteiger partial charge in [0.2, 0.25) is 0 Å². The maximum absolute atomic E-state index is 10.8. The molecule has 6 nitrogen and oxygen atoms in total. The summed E-state index contributed by atoms with van der Waals surface area (Å²) >= 11 is 1.24. The summed E-state index contributed by atoms with van der Waals surface area (Å²) in [6.07, 6.45) is 1.51. The van der Waals surface area contributed by atoms with E-state index in [2.05, 4.69) is 15.2 Å². The molecule has 0 atom stereocenters. The van der Waals surface area contributed by atoms with Gasteiger partial charge in [-0.2, -0.15) is 15.0 Å². The van der Waals surface area contributed by atoms with Gasteiger partial charge in [0.1, 0.15) is 5.69 Å². The molecule has 0 fully saturated rings. The standard InChI is InChI=1S/C7H6N4O2S/c1-11-9-2-4(10-11)6-5(7(12)13)8-3-14-6/h2-3H,1H3,(H,12,13). The lowest BCUT2D eigenvalue weighted by molar-refractivity contribution is 0.0692. The van der Waals surface area contributed by atoms with Crippen molar-refractivity contribution < 1.29 is 9.90 Å². The highest BCUT2D eigenvalue weighted by atomic mass is 32.1. The summed E-state index contributed by atoms with van der Waals surface area (Å²) in [6, 6.07) is 0. The average molecular weight is 210 g/mol. The van der Waals surface area contributed by atoms with Crippen LogP contribution >= 0.6 is 11.3 Å². The first-order valence-corrected chi connectivity index (χ1v) is 4.60. The van der Waals surface area contributed by atoms with Crippen LogP contribution < -0.4 is 0 Å². The van der Waals surface area contributed by atoms with Crippen LogP contribution in [0.25, 0.3) is 10.6 Å². The molecule has 0 aliphatic carbocycles. The molecule has 2 heterocycles. The summed E-state index contributed by atoms with van der Waals surface area (Å²) in [5.41, 5.74) is 2.04. The molecule has 2 rings (SSSR count). The normalized spacial score (nSPS) is 10.4. The Hall–Kier alpha value is -1.76. The SMILES string of the molecule is Cn1ncc(-c2scnc2C(=O)O)n1. The summed E-state index contributed by atoms with van der Waals surface area (Å²) in [6.45, 7) is 0. The Bertz CT molecular complexity index is 475. The third-order valence-corrected chi connectivity index (χ3v) is 2.45. The molecule has 72 valence electrons. The van der Waals surface area contributed by atoms with E-state index >= 15 is 0 Å². The predicted octanol–water partition coefficient (Wildman–Crippen LogP) is 0.637. The van der Waals surface area contributed by atoms with Gasteiger partial charge in [-0.15, -0.1) is 11.3 Å². The van der Waals surface area contributed by atoms with Crippen molar-refractivity contribution >= 4 is 17.3 Å². The first-order chi connectivity index (χ1) is 6.68. The van der Waals surface area contributed by atoms with Gasteiger partial charge in [0, 0.05) is 7.05 Å². The van der Waals surface area contributed by atoms with E-state index < -0.39 is 5.97 Å². The van der Waals surface area contributed by atoms with Crippen LogP contribution in [0.1, 0.15) is 10.5 Å². The fourth-order valence-corrected chi connectivity index (χ4v) is 1.76. The Kier molecular flexibility index (Phi) is 2.01. The van der Waals surface area contributed by atoms with E-state index in [1.54, 1.807) is 7.05 Å². The van der Waals surface area contributed by atoms with Crippen LogP contribution in [0, 0.1) is 0 Å². The Labute approximate surface area is 82.8 Å². The van der Waals surface area contributed by atoms with Gasteiger partial charge < -0.3 is 5.11 Å². The molecule has 0 spiro atoms. The van der Waals surface area contributed by atoms with Gasteiger partial charge in [-0.3, -0.25) is 0 Å². The van der Waals surface area contributed by atoms with Crippen LogP contribution in [-0.2, 0) is 7.05 Å². The minimum atomic E-state index is -1.05. The molecule has 7 heteroatoms. The lowest BCUT2D eigenvalue weighted by atomic mass is 10.3. The highest BCUT2D eigenvalue weighted by Crippen LogP contribution is 2.24. The van der Waals surface area contributed by atoms with Gasteiger partial charge in [-0.05, 0) is 0 Å². The van der Waals surface area contributed by atoms with Crippen LogP contribution in [0.5, 0.6) is 0 Å². The monoisotopic (exact) mass is 210 g/mol. The molecule has 0 amide bonds. The van der Waals surface area contributed by atoms with Gasteiger partial charge in [-0.1, -0.05) is 0 Å². The number of hydrogen-bond acceptors (Lipinski definition) is 5. The molecule has 0 saturated carbocycles. The van der Waals surface area contributed by atoms with Crippen molar-refractivity contribution in [2.75, 3.05) is 0 Å². The molecule has 2 aromatic rings. The lowest BCUT2D eigenvalue weighted by Crippen LogP contribution is -1.99. The number of hydrogen-bond donors (Lipinski definition) is 1. The Balaban J connectivity index is 2.51. The predicted molar refractivity (Wildman–Crippen MR) is 49.1 cm³/mol. The van der Waals surface area contributed by atoms with E-state index in [0.717, 1.165) is 0 Å². The number of aryl methyl sites for hydroxylation is 1. The number of aromatic carboxylic acids is 1. The third-order valence-electron chi connectivity index (χ3n) is 1.60. The number of rotatable bonds is 2. The van der Waals surface area contributed by atoms with Crippen LogP contribution in [0.4, 0.5) is 0 Å². The number of carbonyl (C=O) groups is 1. The second-order valence-electron chi connectivity index (χ2n) is 2.55. The summed E-state index contributed by atoms with van der Waals surface area (Å²) < 4.78 is 0. The van der Waals surface area contributed by atoms with Gasteiger partial charge >= 0.3 is 5.97 Å². The van der Waals surface area contributed by atoms with Crippen LogP contribution in [-0.4, -0.2) is 31.1 Å². The third kappa shape index (κ3) is 1.37. The van der Waals surface area contributed by atoms with Gasteiger partial charge in [0.05, 0.1) is 16.6 Å². The van der Waals surface area contributed by atoms with Crippen molar-refractivity contribution in [3.63, 3.8) is 0 Å². The van der Waals surface area contributed by atoms with Crippen molar-refractivity contribution in [3.05, 3.63) is 17.4 Å². The lowest BCUT2D eigenvalue weighted by Gasteiger charge is -1.91. The Morgan fingerprint density at radius 1 is 1.64 bits per heavy atom. The molecular formula is C7H6N4O2S. The summed E-state index contributed by atoms with van der Waals surface area (Å²) in [7, 11) is 1.67. The molecule has 2 aromatic heterocycles. The molecule has 0 radical (unpaired) electrons. The molecule has 14 heavy (non-hydrogen) atoms. The van der Waals surface area contributed by atoms with Gasteiger partial charge in [0.25, 0.3) is 0 Å². The molecule has 0 saturated heterocycles. The Morgan fingerprint density at radius 2 is 2.43 bits per heavy atom. The molecule has 0 aliphatic rings. The van der Waals surface area contributed by atoms with Crippen LogP contribution in [0.2, 0.25) is 0 Å². The van der Waals surface area contributed by atoms with Crippen molar-refractivity contribution in [3.8, 4) is 10.6 Å². The van der Waals surface area contributed by atoms with Crippen molar-refractivity contribution in [1.82, 2.24) is 20.0 Å². The molecule has 0 aromatic carbocycles. The number of carboxylic acids is 1. The number of thiazole rings is 1. The maximum atomic E-state index is 10.8. The minimum Gasteiger partial charge on any atom is -0.476 e. The van der Waals surface area contributed by atoms with Crippen molar-refractivity contribution in [2.24, 2.45) is 7.05 Å². The molecule has 0 unspecified atom stereocenters. The van der Waals surface area contributed by atoms with Gasteiger partial charge in [-0.25, -0.2) is 9.78 Å². The second-order valence-corrected chi connectivity index (χ2v) is 3.41. The first-order valence-electron chi connectivity index (χ1n) is 3.72. The zero-order valence-corrected chi connectivity index (χ0v) is 8.02. The van der Waals surface area contributed by atoms with E-state index in [9.17, 15) is 4.79 Å². The summed E-state index contributed by atoms with van der Waals surface area (Å²) in [5.74, 6) is -1.05. The quantitative estimate of drug-likeness (QED) is 0.786. The van der Waals surface area contributed by atoms with Crippen molar-refractivity contribution in [2.45, 2.75) is 0 Å².